The topological polar surface area (TPSA) is 59.1 Å². The van der Waals surface area contributed by atoms with E-state index < -0.39 is 0 Å². The Morgan fingerprint density at radius 1 is 1.00 bits per heavy atom. The molecule has 2 aromatic rings. The van der Waals surface area contributed by atoms with Crippen LogP contribution in [0.15, 0.2) is 42.5 Å². The van der Waals surface area contributed by atoms with Gasteiger partial charge in [0.1, 0.15) is 11.5 Å². The SMILES string of the molecule is COc1cc(C(=O)N2CCN(C(=O)COc3cccc(C(C)C)c3)CC2)ccc1C. The van der Waals surface area contributed by atoms with Gasteiger partial charge >= 0.3 is 0 Å². The van der Waals surface area contributed by atoms with E-state index in [0.717, 1.165) is 5.56 Å². The van der Waals surface area contributed by atoms with Crippen LogP contribution in [0.4, 0.5) is 0 Å². The molecule has 6 heteroatoms. The lowest BCUT2D eigenvalue weighted by atomic mass is 10.0. The number of amides is 2. The van der Waals surface area contributed by atoms with E-state index in [9.17, 15) is 9.59 Å². The quantitative estimate of drug-likeness (QED) is 0.732. The van der Waals surface area contributed by atoms with Crippen LogP contribution in [0.1, 0.15) is 41.3 Å². The van der Waals surface area contributed by atoms with Crippen LogP contribution >= 0.6 is 0 Å². The summed E-state index contributed by atoms with van der Waals surface area (Å²) >= 11 is 0. The van der Waals surface area contributed by atoms with E-state index in [2.05, 4.69) is 19.9 Å². The number of ether oxygens (including phenoxy) is 2. The van der Waals surface area contributed by atoms with Crippen LogP contribution < -0.4 is 9.47 Å². The van der Waals surface area contributed by atoms with Crippen molar-refractivity contribution >= 4 is 11.8 Å². The van der Waals surface area contributed by atoms with Crippen LogP contribution in [0, 0.1) is 6.92 Å². The highest BCUT2D eigenvalue weighted by Crippen LogP contribution is 2.21. The average molecular weight is 411 g/mol. The molecule has 0 saturated carbocycles. The molecule has 0 N–H and O–H groups in total. The van der Waals surface area contributed by atoms with Gasteiger partial charge in [-0.15, -0.1) is 0 Å². The first-order chi connectivity index (χ1) is 14.4. The molecule has 0 unspecified atom stereocenters. The van der Waals surface area contributed by atoms with Crippen molar-refractivity contribution in [2.75, 3.05) is 39.9 Å². The fourth-order valence-electron chi connectivity index (χ4n) is 3.49. The van der Waals surface area contributed by atoms with E-state index in [0.29, 0.717) is 49.2 Å². The zero-order valence-corrected chi connectivity index (χ0v) is 18.2. The standard InChI is InChI=1S/C24H30N2O4/c1-17(2)19-6-5-7-21(14-19)30-16-23(27)25-10-12-26(13-11-25)24(28)20-9-8-18(3)22(15-20)29-4/h5-9,14-15,17H,10-13,16H2,1-4H3. The Hall–Kier alpha value is -3.02. The molecule has 30 heavy (non-hydrogen) atoms. The predicted molar refractivity (Wildman–Crippen MR) is 116 cm³/mol. The minimum Gasteiger partial charge on any atom is -0.496 e. The number of aryl methyl sites for hydroxylation is 1. The molecule has 0 spiro atoms. The van der Waals surface area contributed by atoms with E-state index in [1.54, 1.807) is 23.0 Å². The summed E-state index contributed by atoms with van der Waals surface area (Å²) in [5, 5.41) is 0. The van der Waals surface area contributed by atoms with Gasteiger partial charge in [-0.3, -0.25) is 9.59 Å². The van der Waals surface area contributed by atoms with E-state index >= 15 is 0 Å². The van der Waals surface area contributed by atoms with Crippen molar-refractivity contribution in [1.82, 2.24) is 9.80 Å². The normalized spacial score (nSPS) is 14.0. The van der Waals surface area contributed by atoms with Crippen LogP contribution in [-0.4, -0.2) is 61.5 Å². The number of carbonyl (C=O) groups is 2. The maximum Gasteiger partial charge on any atom is 0.260 e. The molecular formula is C24H30N2O4. The Bertz CT molecular complexity index is 902. The molecule has 1 saturated heterocycles. The van der Waals surface area contributed by atoms with Gasteiger partial charge in [-0.25, -0.2) is 0 Å². The first-order valence-electron chi connectivity index (χ1n) is 10.3. The molecule has 2 amide bonds. The second-order valence-corrected chi connectivity index (χ2v) is 7.87. The van der Waals surface area contributed by atoms with Gasteiger partial charge in [-0.1, -0.05) is 32.0 Å². The van der Waals surface area contributed by atoms with Crippen LogP contribution in [0.25, 0.3) is 0 Å². The molecule has 2 aromatic carbocycles. The molecule has 0 aliphatic carbocycles. The Morgan fingerprint density at radius 3 is 2.37 bits per heavy atom. The van der Waals surface area contributed by atoms with Crippen molar-refractivity contribution in [3.63, 3.8) is 0 Å². The van der Waals surface area contributed by atoms with Gasteiger partial charge in [0.2, 0.25) is 0 Å². The lowest BCUT2D eigenvalue weighted by molar-refractivity contribution is -0.134. The summed E-state index contributed by atoms with van der Waals surface area (Å²) in [4.78, 5) is 28.9. The van der Waals surface area contributed by atoms with Gasteiger partial charge in [-0.05, 0) is 48.2 Å². The number of hydrogen-bond acceptors (Lipinski definition) is 4. The van der Waals surface area contributed by atoms with E-state index in [4.69, 9.17) is 9.47 Å². The highest BCUT2D eigenvalue weighted by molar-refractivity contribution is 5.95. The molecule has 1 aliphatic rings. The highest BCUT2D eigenvalue weighted by Gasteiger charge is 2.25. The summed E-state index contributed by atoms with van der Waals surface area (Å²) in [6.07, 6.45) is 0. The largest absolute Gasteiger partial charge is 0.496 e. The molecule has 6 nitrogen and oxygen atoms in total. The number of methoxy groups -OCH3 is 1. The maximum absolute atomic E-state index is 12.8. The van der Waals surface area contributed by atoms with Crippen LogP contribution in [0.2, 0.25) is 0 Å². The van der Waals surface area contributed by atoms with Crippen molar-refractivity contribution in [2.45, 2.75) is 26.7 Å². The number of piperazine rings is 1. The first kappa shape index (κ1) is 21.7. The lowest BCUT2D eigenvalue weighted by Crippen LogP contribution is -2.51. The number of benzene rings is 2. The van der Waals surface area contributed by atoms with Crippen molar-refractivity contribution in [1.29, 1.82) is 0 Å². The second-order valence-electron chi connectivity index (χ2n) is 7.87. The Kier molecular flexibility index (Phi) is 6.98. The summed E-state index contributed by atoms with van der Waals surface area (Å²) in [5.41, 5.74) is 2.77. The number of hydrogen-bond donors (Lipinski definition) is 0. The first-order valence-corrected chi connectivity index (χ1v) is 10.3. The summed E-state index contributed by atoms with van der Waals surface area (Å²) in [5.74, 6) is 1.71. The third-order valence-electron chi connectivity index (χ3n) is 5.46. The van der Waals surface area contributed by atoms with Gasteiger partial charge < -0.3 is 19.3 Å². The zero-order valence-electron chi connectivity index (χ0n) is 18.2. The minimum absolute atomic E-state index is 0.00462. The molecule has 1 heterocycles. The van der Waals surface area contributed by atoms with Gasteiger partial charge in [0.15, 0.2) is 6.61 Å². The number of carbonyl (C=O) groups excluding carboxylic acids is 2. The maximum atomic E-state index is 12.8. The molecule has 0 atom stereocenters. The summed E-state index contributed by atoms with van der Waals surface area (Å²) in [6, 6.07) is 13.3. The molecule has 3 rings (SSSR count). The molecule has 1 fully saturated rings. The minimum atomic E-state index is -0.0611. The third-order valence-corrected chi connectivity index (χ3v) is 5.46. The molecular weight excluding hydrogens is 380 g/mol. The molecule has 0 aromatic heterocycles. The predicted octanol–water partition coefficient (Wildman–Crippen LogP) is 3.49. The second kappa shape index (κ2) is 9.65. The number of nitrogens with zero attached hydrogens (tertiary/aromatic N) is 2. The van der Waals surface area contributed by atoms with Crippen molar-refractivity contribution in [3.8, 4) is 11.5 Å². The van der Waals surface area contributed by atoms with Crippen LogP contribution in [0.5, 0.6) is 11.5 Å². The monoisotopic (exact) mass is 410 g/mol. The van der Waals surface area contributed by atoms with Crippen molar-refractivity contribution in [3.05, 3.63) is 59.2 Å². The summed E-state index contributed by atoms with van der Waals surface area (Å²) in [7, 11) is 1.60. The smallest absolute Gasteiger partial charge is 0.260 e. The average Bonchev–Trinajstić information content (AvgIpc) is 2.77. The van der Waals surface area contributed by atoms with E-state index in [1.165, 1.54) is 5.56 Å². The Morgan fingerprint density at radius 2 is 1.70 bits per heavy atom. The summed E-state index contributed by atoms with van der Waals surface area (Å²) < 4.78 is 11.0. The molecule has 160 valence electrons. The van der Waals surface area contributed by atoms with Crippen LogP contribution in [0.3, 0.4) is 0 Å². The lowest BCUT2D eigenvalue weighted by Gasteiger charge is -2.34. The highest BCUT2D eigenvalue weighted by atomic mass is 16.5. The van der Waals surface area contributed by atoms with Gasteiger partial charge in [0.25, 0.3) is 11.8 Å². The summed E-state index contributed by atoms with van der Waals surface area (Å²) in [6.45, 7) is 8.21. The molecule has 0 bridgehead atoms. The van der Waals surface area contributed by atoms with E-state index in [-0.39, 0.29) is 18.4 Å². The fraction of sp³-hybridized carbons (Fsp3) is 0.417. The zero-order chi connectivity index (χ0) is 21.7. The van der Waals surface area contributed by atoms with Gasteiger partial charge in [0, 0.05) is 31.7 Å². The Balaban J connectivity index is 1.52. The van der Waals surface area contributed by atoms with Crippen molar-refractivity contribution in [2.24, 2.45) is 0 Å². The Labute approximate surface area is 178 Å². The van der Waals surface area contributed by atoms with Gasteiger partial charge in [0.05, 0.1) is 7.11 Å². The van der Waals surface area contributed by atoms with Gasteiger partial charge in [-0.2, -0.15) is 0 Å². The molecule has 0 radical (unpaired) electrons. The van der Waals surface area contributed by atoms with Crippen LogP contribution in [-0.2, 0) is 4.79 Å². The molecule has 1 aliphatic heterocycles. The third kappa shape index (κ3) is 5.12. The fourth-order valence-corrected chi connectivity index (χ4v) is 3.49. The van der Waals surface area contributed by atoms with E-state index in [1.807, 2.05) is 37.3 Å². The number of rotatable bonds is 6. The van der Waals surface area contributed by atoms with Crippen molar-refractivity contribution < 1.29 is 19.1 Å².